The zero-order chi connectivity index (χ0) is 13.0. The molecule has 18 heavy (non-hydrogen) atoms. The molecule has 0 radical (unpaired) electrons. The molecule has 2 rings (SSSR count). The van der Waals surface area contributed by atoms with E-state index in [1.807, 2.05) is 19.1 Å². The first-order valence-corrected chi connectivity index (χ1v) is 5.55. The van der Waals surface area contributed by atoms with E-state index in [9.17, 15) is 4.79 Å². The average Bonchev–Trinajstić information content (AvgIpc) is 2.92. The fourth-order valence-electron chi connectivity index (χ4n) is 1.60. The van der Waals surface area contributed by atoms with Gasteiger partial charge in [-0.1, -0.05) is 0 Å². The van der Waals surface area contributed by atoms with Crippen LogP contribution in [-0.4, -0.2) is 18.1 Å². The second-order valence-electron chi connectivity index (χ2n) is 3.80. The number of nitrogens with zero attached hydrogens (tertiary/aromatic N) is 1. The molecular weight excluding hydrogens is 232 g/mol. The van der Waals surface area contributed by atoms with Gasteiger partial charge in [0.1, 0.15) is 11.5 Å². The molecule has 5 nitrogen and oxygen atoms in total. The molecule has 0 saturated heterocycles. The Kier molecular flexibility index (Phi) is 3.62. The first-order chi connectivity index (χ1) is 8.70. The van der Waals surface area contributed by atoms with E-state index in [1.165, 1.54) is 7.11 Å². The largest absolute Gasteiger partial charge is 0.467 e. The summed E-state index contributed by atoms with van der Waals surface area (Å²) >= 11 is 0. The van der Waals surface area contributed by atoms with Crippen LogP contribution in [0.5, 0.6) is 0 Å². The van der Waals surface area contributed by atoms with E-state index in [0.717, 1.165) is 11.4 Å². The van der Waals surface area contributed by atoms with Crippen molar-refractivity contribution in [1.82, 2.24) is 4.98 Å². The Labute approximate surface area is 105 Å². The van der Waals surface area contributed by atoms with Gasteiger partial charge in [0.2, 0.25) is 0 Å². The van der Waals surface area contributed by atoms with Crippen molar-refractivity contribution in [2.75, 3.05) is 12.4 Å². The van der Waals surface area contributed by atoms with Crippen LogP contribution in [0.2, 0.25) is 0 Å². The normalized spacial score (nSPS) is 11.9. The number of furan rings is 1. The lowest BCUT2D eigenvalue weighted by atomic mass is 10.2. The number of esters is 1. The molecule has 5 heteroatoms. The van der Waals surface area contributed by atoms with Crippen LogP contribution in [-0.2, 0) is 4.74 Å². The molecule has 1 unspecified atom stereocenters. The maximum absolute atomic E-state index is 11.3. The van der Waals surface area contributed by atoms with Crippen LogP contribution in [0.4, 0.5) is 5.69 Å². The van der Waals surface area contributed by atoms with Gasteiger partial charge < -0.3 is 14.5 Å². The molecule has 0 aliphatic carbocycles. The summed E-state index contributed by atoms with van der Waals surface area (Å²) in [7, 11) is 1.33. The second kappa shape index (κ2) is 5.35. The van der Waals surface area contributed by atoms with Crippen LogP contribution >= 0.6 is 0 Å². The molecule has 2 aromatic rings. The van der Waals surface area contributed by atoms with Crippen molar-refractivity contribution in [1.29, 1.82) is 0 Å². The van der Waals surface area contributed by atoms with Gasteiger partial charge in [0.25, 0.3) is 0 Å². The molecule has 0 aliphatic rings. The van der Waals surface area contributed by atoms with E-state index in [4.69, 9.17) is 4.42 Å². The number of rotatable bonds is 4. The summed E-state index contributed by atoms with van der Waals surface area (Å²) in [5.74, 6) is 0.371. The summed E-state index contributed by atoms with van der Waals surface area (Å²) in [5, 5.41) is 3.22. The molecule has 1 N–H and O–H groups in total. The number of hydrogen-bond donors (Lipinski definition) is 1. The SMILES string of the molecule is COC(=O)c1cc(NC(C)c2ccco2)ccn1. The molecular formula is C13H14N2O3. The van der Waals surface area contributed by atoms with Crippen molar-refractivity contribution in [2.24, 2.45) is 0 Å². The minimum atomic E-state index is -0.454. The van der Waals surface area contributed by atoms with Gasteiger partial charge in [0.15, 0.2) is 0 Å². The Morgan fingerprint density at radius 2 is 2.33 bits per heavy atom. The summed E-state index contributed by atoms with van der Waals surface area (Å²) < 4.78 is 9.92. The molecule has 0 saturated carbocycles. The second-order valence-corrected chi connectivity index (χ2v) is 3.80. The summed E-state index contributed by atoms with van der Waals surface area (Å²) in [6.07, 6.45) is 3.18. The van der Waals surface area contributed by atoms with Gasteiger partial charge in [-0.05, 0) is 31.2 Å². The van der Waals surface area contributed by atoms with Crippen LogP contribution in [0.15, 0.2) is 41.1 Å². The maximum Gasteiger partial charge on any atom is 0.356 e. The lowest BCUT2D eigenvalue weighted by Gasteiger charge is -2.13. The minimum Gasteiger partial charge on any atom is -0.467 e. The standard InChI is InChI=1S/C13H14N2O3/c1-9(12-4-3-7-18-12)15-10-5-6-14-11(8-10)13(16)17-2/h3-9H,1-2H3,(H,14,15). The summed E-state index contributed by atoms with van der Waals surface area (Å²) in [6.45, 7) is 1.97. The van der Waals surface area contributed by atoms with Crippen LogP contribution in [0, 0.1) is 0 Å². The molecule has 0 spiro atoms. The molecule has 0 aliphatic heterocycles. The molecule has 0 bridgehead atoms. The van der Waals surface area contributed by atoms with E-state index in [0.29, 0.717) is 0 Å². The van der Waals surface area contributed by atoms with E-state index >= 15 is 0 Å². The van der Waals surface area contributed by atoms with Gasteiger partial charge in [-0.15, -0.1) is 0 Å². The highest BCUT2D eigenvalue weighted by Crippen LogP contribution is 2.19. The van der Waals surface area contributed by atoms with Gasteiger partial charge in [0, 0.05) is 11.9 Å². The molecule has 0 aromatic carbocycles. The van der Waals surface area contributed by atoms with Crippen molar-refractivity contribution in [2.45, 2.75) is 13.0 Å². The number of nitrogens with one attached hydrogen (secondary N) is 1. The third-order valence-electron chi connectivity index (χ3n) is 2.51. The van der Waals surface area contributed by atoms with Gasteiger partial charge in [-0.25, -0.2) is 9.78 Å². The molecule has 0 fully saturated rings. The predicted molar refractivity (Wildman–Crippen MR) is 66.3 cm³/mol. The highest BCUT2D eigenvalue weighted by Gasteiger charge is 2.11. The van der Waals surface area contributed by atoms with Crippen molar-refractivity contribution >= 4 is 11.7 Å². The first kappa shape index (κ1) is 12.2. The number of hydrogen-bond acceptors (Lipinski definition) is 5. The molecule has 2 heterocycles. The van der Waals surface area contributed by atoms with Crippen molar-refractivity contribution in [3.8, 4) is 0 Å². The number of carbonyl (C=O) groups excluding carboxylic acids is 1. The summed E-state index contributed by atoms with van der Waals surface area (Å²) in [5.41, 5.74) is 1.06. The van der Waals surface area contributed by atoms with Gasteiger partial charge in [0.05, 0.1) is 19.4 Å². The van der Waals surface area contributed by atoms with Crippen LogP contribution in [0.25, 0.3) is 0 Å². The number of methoxy groups -OCH3 is 1. The number of aromatic nitrogens is 1. The Morgan fingerprint density at radius 1 is 1.50 bits per heavy atom. The molecule has 0 amide bonds. The summed E-state index contributed by atoms with van der Waals surface area (Å²) in [6, 6.07) is 7.16. The van der Waals surface area contributed by atoms with Gasteiger partial charge >= 0.3 is 5.97 Å². The average molecular weight is 246 g/mol. The monoisotopic (exact) mass is 246 g/mol. The number of ether oxygens (including phenoxy) is 1. The van der Waals surface area contributed by atoms with Gasteiger partial charge in [-0.3, -0.25) is 0 Å². The van der Waals surface area contributed by atoms with E-state index in [-0.39, 0.29) is 11.7 Å². The Morgan fingerprint density at radius 3 is 3.00 bits per heavy atom. The third-order valence-corrected chi connectivity index (χ3v) is 2.51. The summed E-state index contributed by atoms with van der Waals surface area (Å²) in [4.78, 5) is 15.3. The Hall–Kier alpha value is -2.30. The maximum atomic E-state index is 11.3. The molecule has 2 aromatic heterocycles. The van der Waals surface area contributed by atoms with Gasteiger partial charge in [-0.2, -0.15) is 0 Å². The fourth-order valence-corrected chi connectivity index (χ4v) is 1.60. The van der Waals surface area contributed by atoms with Crippen LogP contribution in [0.1, 0.15) is 29.2 Å². The lowest BCUT2D eigenvalue weighted by molar-refractivity contribution is 0.0594. The predicted octanol–water partition coefficient (Wildman–Crippen LogP) is 2.63. The Balaban J connectivity index is 2.12. The molecule has 1 atom stereocenters. The number of pyridine rings is 1. The molecule has 94 valence electrons. The van der Waals surface area contributed by atoms with Crippen LogP contribution in [0.3, 0.4) is 0 Å². The minimum absolute atomic E-state index is 0.00731. The van der Waals surface area contributed by atoms with E-state index in [1.54, 1.807) is 24.6 Å². The number of carbonyl (C=O) groups is 1. The highest BCUT2D eigenvalue weighted by molar-refractivity contribution is 5.88. The quantitative estimate of drug-likeness (QED) is 0.840. The zero-order valence-corrected chi connectivity index (χ0v) is 10.2. The smallest absolute Gasteiger partial charge is 0.356 e. The Bertz CT molecular complexity index is 523. The van der Waals surface area contributed by atoms with E-state index < -0.39 is 5.97 Å². The van der Waals surface area contributed by atoms with Crippen LogP contribution < -0.4 is 5.32 Å². The first-order valence-electron chi connectivity index (χ1n) is 5.55. The van der Waals surface area contributed by atoms with Crippen molar-refractivity contribution in [3.05, 3.63) is 48.2 Å². The van der Waals surface area contributed by atoms with Crippen molar-refractivity contribution < 1.29 is 13.9 Å². The lowest BCUT2D eigenvalue weighted by Crippen LogP contribution is -2.08. The third kappa shape index (κ3) is 2.68. The van der Waals surface area contributed by atoms with Crippen molar-refractivity contribution in [3.63, 3.8) is 0 Å². The van der Waals surface area contributed by atoms with E-state index in [2.05, 4.69) is 15.0 Å². The zero-order valence-electron chi connectivity index (χ0n) is 10.2. The fraction of sp³-hybridized carbons (Fsp3) is 0.231. The highest BCUT2D eigenvalue weighted by atomic mass is 16.5. The number of anilines is 1. The topological polar surface area (TPSA) is 64.4 Å².